The van der Waals surface area contributed by atoms with Crippen molar-refractivity contribution >= 4 is 16.9 Å². The molecule has 94 valence electrons. The maximum Gasteiger partial charge on any atom is 0.308 e. The number of carbonyl (C=O) groups excluding carboxylic acids is 1. The summed E-state index contributed by atoms with van der Waals surface area (Å²) in [5, 5.41) is 0.932. The maximum atomic E-state index is 11.2. The first-order chi connectivity index (χ1) is 9.25. The van der Waals surface area contributed by atoms with E-state index in [2.05, 4.69) is 0 Å². The van der Waals surface area contributed by atoms with Crippen molar-refractivity contribution in [2.45, 2.75) is 6.92 Å². The number of benzene rings is 2. The summed E-state index contributed by atoms with van der Waals surface area (Å²) in [6, 6.07) is 17.8. The van der Waals surface area contributed by atoms with Gasteiger partial charge in [0.2, 0.25) is 0 Å². The third-order valence-electron chi connectivity index (χ3n) is 2.96. The predicted molar refractivity (Wildman–Crippen MR) is 74.6 cm³/mol. The molecule has 0 unspecified atom stereocenters. The van der Waals surface area contributed by atoms with Gasteiger partial charge >= 0.3 is 5.97 Å². The molecule has 3 heteroatoms. The van der Waals surface area contributed by atoms with Gasteiger partial charge in [-0.25, -0.2) is 0 Å². The minimum atomic E-state index is -0.309. The van der Waals surface area contributed by atoms with Gasteiger partial charge in [0, 0.05) is 18.0 Å². The van der Waals surface area contributed by atoms with Crippen molar-refractivity contribution in [3.05, 3.63) is 60.8 Å². The summed E-state index contributed by atoms with van der Waals surface area (Å²) >= 11 is 0. The summed E-state index contributed by atoms with van der Waals surface area (Å²) in [6.45, 7) is 1.41. The first-order valence-electron chi connectivity index (χ1n) is 6.09. The Bertz CT molecular complexity index is 729. The van der Waals surface area contributed by atoms with Gasteiger partial charge in [-0.05, 0) is 24.3 Å². The van der Waals surface area contributed by atoms with Crippen LogP contribution in [0.15, 0.2) is 60.8 Å². The fourth-order valence-corrected chi connectivity index (χ4v) is 2.19. The van der Waals surface area contributed by atoms with Crippen LogP contribution in [0.2, 0.25) is 0 Å². The van der Waals surface area contributed by atoms with Gasteiger partial charge in [0.25, 0.3) is 0 Å². The quantitative estimate of drug-likeness (QED) is 0.652. The number of rotatable bonds is 2. The van der Waals surface area contributed by atoms with Crippen molar-refractivity contribution < 1.29 is 9.53 Å². The van der Waals surface area contributed by atoms with Gasteiger partial charge in [-0.1, -0.05) is 30.3 Å². The minimum Gasteiger partial charge on any atom is -0.424 e. The summed E-state index contributed by atoms with van der Waals surface area (Å²) in [7, 11) is 0. The second kappa shape index (κ2) is 4.61. The molecule has 0 amide bonds. The van der Waals surface area contributed by atoms with E-state index in [0.717, 1.165) is 16.6 Å². The van der Waals surface area contributed by atoms with E-state index in [1.54, 1.807) is 0 Å². The van der Waals surface area contributed by atoms with Gasteiger partial charge in [-0.2, -0.15) is 0 Å². The number of hydrogen-bond donors (Lipinski definition) is 0. The molecular formula is C16H13NO2. The highest BCUT2D eigenvalue weighted by Gasteiger charge is 2.11. The molecule has 2 aromatic carbocycles. The Hall–Kier alpha value is -2.55. The van der Waals surface area contributed by atoms with Crippen molar-refractivity contribution in [3.63, 3.8) is 0 Å². The molecule has 0 aliphatic rings. The maximum absolute atomic E-state index is 11.2. The fraction of sp³-hybridized carbons (Fsp3) is 0.0625. The second-order valence-corrected chi connectivity index (χ2v) is 4.31. The number of esters is 1. The predicted octanol–water partition coefficient (Wildman–Crippen LogP) is 3.56. The Morgan fingerprint density at radius 1 is 1.00 bits per heavy atom. The van der Waals surface area contributed by atoms with Gasteiger partial charge in [0.05, 0.1) is 11.7 Å². The molecule has 3 aromatic rings. The lowest BCUT2D eigenvalue weighted by atomic mass is 10.2. The monoisotopic (exact) mass is 251 g/mol. The average molecular weight is 251 g/mol. The molecule has 1 heterocycles. The minimum absolute atomic E-state index is 0.309. The number of nitrogens with zero attached hydrogens (tertiary/aromatic N) is 1. The molecule has 1 aromatic heterocycles. The lowest BCUT2D eigenvalue weighted by Gasteiger charge is -2.03. The molecule has 0 spiro atoms. The average Bonchev–Trinajstić information content (AvgIpc) is 2.78. The first-order valence-corrected chi connectivity index (χ1v) is 6.09. The fourth-order valence-electron chi connectivity index (χ4n) is 2.19. The molecule has 0 atom stereocenters. The molecule has 0 aliphatic carbocycles. The third-order valence-corrected chi connectivity index (χ3v) is 2.96. The molecule has 0 fully saturated rings. The van der Waals surface area contributed by atoms with E-state index < -0.39 is 0 Å². The van der Waals surface area contributed by atoms with Crippen molar-refractivity contribution in [1.82, 2.24) is 4.57 Å². The summed E-state index contributed by atoms with van der Waals surface area (Å²) in [6.07, 6.45) is 1.85. The van der Waals surface area contributed by atoms with Crippen LogP contribution in [0, 0.1) is 0 Å². The lowest BCUT2D eigenvalue weighted by Crippen LogP contribution is -2.00. The second-order valence-electron chi connectivity index (χ2n) is 4.31. The third kappa shape index (κ3) is 2.10. The van der Waals surface area contributed by atoms with Crippen molar-refractivity contribution in [1.29, 1.82) is 0 Å². The topological polar surface area (TPSA) is 31.2 Å². The molecule has 0 N–H and O–H groups in total. The standard InChI is InChI=1S/C16H13NO2/c1-12(18)19-16-11-17(13-7-3-2-4-8-13)15-10-6-5-9-14(15)16/h2-11H,1H3. The van der Waals surface area contributed by atoms with Gasteiger partial charge < -0.3 is 9.30 Å². The highest BCUT2D eigenvalue weighted by atomic mass is 16.5. The van der Waals surface area contributed by atoms with Crippen LogP contribution in [0.3, 0.4) is 0 Å². The summed E-state index contributed by atoms with van der Waals surface area (Å²) in [4.78, 5) is 11.2. The Morgan fingerprint density at radius 3 is 2.42 bits per heavy atom. The molecule has 19 heavy (non-hydrogen) atoms. The number of fused-ring (bicyclic) bond motifs is 1. The number of carbonyl (C=O) groups is 1. The van der Waals surface area contributed by atoms with E-state index in [-0.39, 0.29) is 5.97 Å². The molecule has 3 nitrogen and oxygen atoms in total. The number of ether oxygens (including phenoxy) is 1. The van der Waals surface area contributed by atoms with Crippen molar-refractivity contribution in [3.8, 4) is 11.4 Å². The van der Waals surface area contributed by atoms with Crippen molar-refractivity contribution in [2.75, 3.05) is 0 Å². The number of aromatic nitrogens is 1. The van der Waals surface area contributed by atoms with E-state index >= 15 is 0 Å². The summed E-state index contributed by atoms with van der Waals surface area (Å²) in [5.74, 6) is 0.280. The summed E-state index contributed by atoms with van der Waals surface area (Å²) in [5.41, 5.74) is 2.06. The van der Waals surface area contributed by atoms with Crippen molar-refractivity contribution in [2.24, 2.45) is 0 Å². The van der Waals surface area contributed by atoms with Gasteiger partial charge in [-0.15, -0.1) is 0 Å². The van der Waals surface area contributed by atoms with E-state index in [9.17, 15) is 4.79 Å². The zero-order valence-electron chi connectivity index (χ0n) is 10.5. The van der Waals surface area contributed by atoms with Crippen LogP contribution < -0.4 is 4.74 Å². The molecule has 0 bridgehead atoms. The largest absolute Gasteiger partial charge is 0.424 e. The number of para-hydroxylation sites is 2. The molecular weight excluding hydrogens is 238 g/mol. The zero-order valence-corrected chi connectivity index (χ0v) is 10.5. The van der Waals surface area contributed by atoms with E-state index in [4.69, 9.17) is 4.74 Å². The van der Waals surface area contributed by atoms with Crippen LogP contribution in [-0.2, 0) is 4.79 Å². The van der Waals surface area contributed by atoms with Gasteiger partial charge in [0.15, 0.2) is 5.75 Å². The Kier molecular flexibility index (Phi) is 2.80. The van der Waals surface area contributed by atoms with E-state index in [1.165, 1.54) is 6.92 Å². The normalized spacial score (nSPS) is 10.6. The van der Waals surface area contributed by atoms with Crippen LogP contribution >= 0.6 is 0 Å². The highest BCUT2D eigenvalue weighted by molar-refractivity contribution is 5.90. The van der Waals surface area contributed by atoms with Crippen LogP contribution in [0.1, 0.15) is 6.92 Å². The van der Waals surface area contributed by atoms with Gasteiger partial charge in [-0.3, -0.25) is 4.79 Å². The van der Waals surface area contributed by atoms with E-state index in [1.807, 2.05) is 65.4 Å². The zero-order chi connectivity index (χ0) is 13.2. The van der Waals surface area contributed by atoms with E-state index in [0.29, 0.717) is 5.75 Å². The molecule has 0 aliphatic heterocycles. The molecule has 0 saturated heterocycles. The number of hydrogen-bond acceptors (Lipinski definition) is 2. The molecule has 0 radical (unpaired) electrons. The SMILES string of the molecule is CC(=O)Oc1cn(-c2ccccc2)c2ccccc12. The smallest absolute Gasteiger partial charge is 0.308 e. The first kappa shape index (κ1) is 11.5. The Labute approximate surface area is 111 Å². The highest BCUT2D eigenvalue weighted by Crippen LogP contribution is 2.30. The Balaban J connectivity index is 2.23. The Morgan fingerprint density at radius 2 is 1.68 bits per heavy atom. The lowest BCUT2D eigenvalue weighted by molar-refractivity contribution is -0.131. The summed E-state index contributed by atoms with van der Waals surface area (Å²) < 4.78 is 7.29. The molecule has 3 rings (SSSR count). The van der Waals surface area contributed by atoms with Gasteiger partial charge in [0.1, 0.15) is 0 Å². The van der Waals surface area contributed by atoms with Crippen LogP contribution in [0.4, 0.5) is 0 Å². The van der Waals surface area contributed by atoms with Crippen LogP contribution in [0.5, 0.6) is 5.75 Å². The molecule has 0 saturated carbocycles. The van der Waals surface area contributed by atoms with Crippen LogP contribution in [-0.4, -0.2) is 10.5 Å². The van der Waals surface area contributed by atoms with Crippen LogP contribution in [0.25, 0.3) is 16.6 Å².